The van der Waals surface area contributed by atoms with Gasteiger partial charge in [-0.1, -0.05) is 29.8 Å². The molecule has 0 bridgehead atoms. The highest BCUT2D eigenvalue weighted by atomic mass is 16.4. The van der Waals surface area contributed by atoms with Crippen LogP contribution < -0.4 is 0 Å². The lowest BCUT2D eigenvalue weighted by Gasteiger charge is -2.29. The van der Waals surface area contributed by atoms with Crippen molar-refractivity contribution in [2.75, 3.05) is 19.6 Å². The lowest BCUT2D eigenvalue weighted by molar-refractivity contribution is -0.143. The number of benzene rings is 1. The van der Waals surface area contributed by atoms with Gasteiger partial charge >= 0.3 is 5.97 Å². The predicted molar refractivity (Wildman–Crippen MR) is 81.5 cm³/mol. The van der Waals surface area contributed by atoms with E-state index in [0.29, 0.717) is 6.42 Å². The molecule has 1 saturated heterocycles. The van der Waals surface area contributed by atoms with Crippen LogP contribution in [-0.4, -0.2) is 41.4 Å². The molecule has 21 heavy (non-hydrogen) atoms. The number of aliphatic carboxylic acids is 1. The van der Waals surface area contributed by atoms with E-state index in [4.69, 9.17) is 5.11 Å². The van der Waals surface area contributed by atoms with Crippen molar-refractivity contribution < 1.29 is 14.7 Å². The van der Waals surface area contributed by atoms with Crippen molar-refractivity contribution >= 4 is 11.8 Å². The van der Waals surface area contributed by atoms with Gasteiger partial charge in [-0.15, -0.1) is 0 Å². The summed E-state index contributed by atoms with van der Waals surface area (Å²) in [6.07, 6.45) is 2.84. The number of likely N-dealkylation sites (tertiary alicyclic amines) is 1. The molecule has 1 aliphatic rings. The second-order valence-electron chi connectivity index (χ2n) is 5.85. The Morgan fingerprint density at radius 3 is 2.38 bits per heavy atom. The Kier molecular flexibility index (Phi) is 5.51. The van der Waals surface area contributed by atoms with E-state index in [1.54, 1.807) is 0 Å². The summed E-state index contributed by atoms with van der Waals surface area (Å²) in [5.74, 6) is -0.671. The quantitative estimate of drug-likeness (QED) is 0.818. The van der Waals surface area contributed by atoms with E-state index in [1.807, 2.05) is 31.2 Å². The third-order valence-corrected chi connectivity index (χ3v) is 4.19. The van der Waals surface area contributed by atoms with Crippen molar-refractivity contribution in [3.05, 3.63) is 35.4 Å². The van der Waals surface area contributed by atoms with Gasteiger partial charge in [0.25, 0.3) is 0 Å². The molecular weight excluding hydrogens is 266 g/mol. The summed E-state index contributed by atoms with van der Waals surface area (Å²) in [5.41, 5.74) is 1.94. The molecule has 0 spiro atoms. The van der Waals surface area contributed by atoms with Crippen LogP contribution in [0.25, 0.3) is 0 Å². The molecule has 0 aliphatic carbocycles. The summed E-state index contributed by atoms with van der Waals surface area (Å²) in [5, 5.41) is 8.96. The lowest BCUT2D eigenvalue weighted by atomic mass is 9.97. The predicted octanol–water partition coefficient (Wildman–Crippen LogP) is 2.75. The number of hydrogen-bond acceptors (Lipinski definition) is 3. The van der Waals surface area contributed by atoms with E-state index in [0.717, 1.165) is 50.0 Å². The van der Waals surface area contributed by atoms with Crippen LogP contribution in [0, 0.1) is 12.8 Å². The molecule has 4 nitrogen and oxygen atoms in total. The maximum atomic E-state index is 12.0. The molecule has 114 valence electrons. The van der Waals surface area contributed by atoms with E-state index in [2.05, 4.69) is 4.90 Å². The second kappa shape index (κ2) is 7.36. The van der Waals surface area contributed by atoms with Gasteiger partial charge in [0, 0.05) is 12.0 Å². The minimum Gasteiger partial charge on any atom is -0.481 e. The molecule has 0 unspecified atom stereocenters. The number of nitrogens with zero attached hydrogens (tertiary/aromatic N) is 1. The van der Waals surface area contributed by atoms with E-state index < -0.39 is 5.97 Å². The molecule has 0 radical (unpaired) electrons. The first-order valence-corrected chi connectivity index (χ1v) is 7.61. The Morgan fingerprint density at radius 1 is 1.19 bits per heavy atom. The van der Waals surface area contributed by atoms with Crippen LogP contribution in [0.3, 0.4) is 0 Å². The van der Waals surface area contributed by atoms with E-state index in [1.165, 1.54) is 0 Å². The number of rotatable bonds is 6. The molecule has 1 N–H and O–H groups in total. The van der Waals surface area contributed by atoms with Crippen molar-refractivity contribution in [1.82, 2.24) is 4.90 Å². The van der Waals surface area contributed by atoms with Gasteiger partial charge in [0.1, 0.15) is 0 Å². The molecule has 1 heterocycles. The van der Waals surface area contributed by atoms with Crippen molar-refractivity contribution in [2.24, 2.45) is 5.92 Å². The molecule has 1 aromatic rings. The van der Waals surface area contributed by atoms with Crippen LogP contribution in [0.4, 0.5) is 0 Å². The van der Waals surface area contributed by atoms with Crippen LogP contribution in [0.2, 0.25) is 0 Å². The van der Waals surface area contributed by atoms with Crippen molar-refractivity contribution in [3.63, 3.8) is 0 Å². The molecular formula is C17H23NO3. The summed E-state index contributed by atoms with van der Waals surface area (Å²) in [7, 11) is 0. The van der Waals surface area contributed by atoms with E-state index in [-0.39, 0.29) is 11.7 Å². The average Bonchev–Trinajstić information content (AvgIpc) is 2.48. The fraction of sp³-hybridized carbons (Fsp3) is 0.529. The standard InChI is InChI=1S/C17H23NO3/c1-13-4-6-14(7-5-13)16(19)3-2-10-18-11-8-15(9-12-18)17(20)21/h4-7,15H,2-3,8-12H2,1H3,(H,20,21). The third-order valence-electron chi connectivity index (χ3n) is 4.19. The minimum atomic E-state index is -0.677. The van der Waals surface area contributed by atoms with Crippen molar-refractivity contribution in [3.8, 4) is 0 Å². The number of hydrogen-bond donors (Lipinski definition) is 1. The number of carbonyl (C=O) groups is 2. The van der Waals surface area contributed by atoms with Gasteiger partial charge in [0.05, 0.1) is 5.92 Å². The Labute approximate surface area is 125 Å². The first kappa shape index (κ1) is 15.7. The van der Waals surface area contributed by atoms with Gasteiger partial charge in [-0.3, -0.25) is 9.59 Å². The summed E-state index contributed by atoms with van der Waals surface area (Å²) >= 11 is 0. The van der Waals surface area contributed by atoms with Gasteiger partial charge in [-0.05, 0) is 45.8 Å². The van der Waals surface area contributed by atoms with Crippen molar-refractivity contribution in [1.29, 1.82) is 0 Å². The highest BCUT2D eigenvalue weighted by Crippen LogP contribution is 2.17. The highest BCUT2D eigenvalue weighted by Gasteiger charge is 2.24. The zero-order chi connectivity index (χ0) is 15.2. The number of aryl methyl sites for hydroxylation is 1. The van der Waals surface area contributed by atoms with E-state index >= 15 is 0 Å². The van der Waals surface area contributed by atoms with Gasteiger partial charge < -0.3 is 10.0 Å². The Morgan fingerprint density at radius 2 is 1.81 bits per heavy atom. The van der Waals surface area contributed by atoms with Gasteiger partial charge in [0.15, 0.2) is 5.78 Å². The van der Waals surface area contributed by atoms with E-state index in [9.17, 15) is 9.59 Å². The Balaban J connectivity index is 1.69. The smallest absolute Gasteiger partial charge is 0.306 e. The van der Waals surface area contributed by atoms with Crippen LogP contribution in [0.1, 0.15) is 41.6 Å². The first-order chi connectivity index (χ1) is 10.1. The number of carbonyl (C=O) groups excluding carboxylic acids is 1. The molecule has 0 atom stereocenters. The van der Waals surface area contributed by atoms with Crippen LogP contribution in [-0.2, 0) is 4.79 Å². The van der Waals surface area contributed by atoms with Gasteiger partial charge in [0.2, 0.25) is 0 Å². The number of piperidine rings is 1. The lowest BCUT2D eigenvalue weighted by Crippen LogP contribution is -2.36. The number of Topliss-reactive ketones (excluding diaryl/α,β-unsaturated/α-hetero) is 1. The zero-order valence-corrected chi connectivity index (χ0v) is 12.5. The van der Waals surface area contributed by atoms with Gasteiger partial charge in [-0.2, -0.15) is 0 Å². The Hall–Kier alpha value is -1.68. The minimum absolute atomic E-state index is 0.185. The molecule has 1 aliphatic heterocycles. The topological polar surface area (TPSA) is 57.6 Å². The summed E-state index contributed by atoms with van der Waals surface area (Å²) < 4.78 is 0. The molecule has 0 amide bonds. The van der Waals surface area contributed by atoms with Gasteiger partial charge in [-0.25, -0.2) is 0 Å². The fourth-order valence-electron chi connectivity index (χ4n) is 2.75. The van der Waals surface area contributed by atoms with Crippen LogP contribution in [0.5, 0.6) is 0 Å². The molecule has 4 heteroatoms. The normalized spacial score (nSPS) is 16.8. The monoisotopic (exact) mass is 289 g/mol. The largest absolute Gasteiger partial charge is 0.481 e. The van der Waals surface area contributed by atoms with Crippen molar-refractivity contribution in [2.45, 2.75) is 32.6 Å². The maximum Gasteiger partial charge on any atom is 0.306 e. The number of carboxylic acid groups (broad SMARTS) is 1. The van der Waals surface area contributed by atoms with Crippen LogP contribution in [0.15, 0.2) is 24.3 Å². The highest BCUT2D eigenvalue weighted by molar-refractivity contribution is 5.96. The molecule has 2 rings (SSSR count). The summed E-state index contributed by atoms with van der Waals surface area (Å²) in [4.78, 5) is 25.2. The number of carboxylic acids is 1. The first-order valence-electron chi connectivity index (χ1n) is 7.61. The maximum absolute atomic E-state index is 12.0. The molecule has 0 saturated carbocycles. The third kappa shape index (κ3) is 4.67. The number of ketones is 1. The average molecular weight is 289 g/mol. The zero-order valence-electron chi connectivity index (χ0n) is 12.5. The molecule has 0 aromatic heterocycles. The second-order valence-corrected chi connectivity index (χ2v) is 5.85. The SMILES string of the molecule is Cc1ccc(C(=O)CCCN2CCC(C(=O)O)CC2)cc1. The molecule has 1 aromatic carbocycles. The van der Waals surface area contributed by atoms with Crippen LogP contribution >= 0.6 is 0 Å². The fourth-order valence-corrected chi connectivity index (χ4v) is 2.75. The Bertz CT molecular complexity index is 487. The summed E-state index contributed by atoms with van der Waals surface area (Å²) in [6.45, 7) is 4.55. The molecule has 1 fully saturated rings. The summed E-state index contributed by atoms with van der Waals surface area (Å²) in [6, 6.07) is 7.69.